The van der Waals surface area contributed by atoms with E-state index in [4.69, 9.17) is 21.7 Å². The summed E-state index contributed by atoms with van der Waals surface area (Å²) in [5.41, 5.74) is 1.80. The Hall–Kier alpha value is -3.04. The predicted octanol–water partition coefficient (Wildman–Crippen LogP) is 4.09. The fourth-order valence-electron chi connectivity index (χ4n) is 2.33. The number of ether oxygens (including phenoxy) is 2. The van der Waals surface area contributed by atoms with Gasteiger partial charge in [-0.05, 0) is 48.6 Å². The van der Waals surface area contributed by atoms with Crippen LogP contribution in [0.4, 0.5) is 9.52 Å². The molecule has 28 heavy (non-hydrogen) atoms. The number of halogens is 1. The molecule has 2 N–H and O–H groups in total. The summed E-state index contributed by atoms with van der Waals surface area (Å²) in [5, 5.41) is 7.89. The number of thiocarbonyl (C=S) groups is 1. The molecule has 0 saturated carbocycles. The number of nitrogens with one attached hydrogen (secondary N) is 2. The van der Waals surface area contributed by atoms with Gasteiger partial charge >= 0.3 is 0 Å². The van der Waals surface area contributed by atoms with Crippen molar-refractivity contribution in [3.8, 4) is 22.8 Å². The van der Waals surface area contributed by atoms with E-state index >= 15 is 0 Å². The minimum atomic E-state index is -0.412. The third-order valence-corrected chi connectivity index (χ3v) is 4.67. The molecule has 0 aliphatic rings. The molecule has 0 spiro atoms. The van der Waals surface area contributed by atoms with E-state index in [1.165, 1.54) is 37.7 Å². The Morgan fingerprint density at radius 2 is 1.75 bits per heavy atom. The molecule has 0 atom stereocenters. The Morgan fingerprint density at radius 1 is 1.11 bits per heavy atom. The van der Waals surface area contributed by atoms with Gasteiger partial charge in [-0.2, -0.15) is 0 Å². The number of hydrogen-bond acceptors (Lipinski definition) is 6. The maximum atomic E-state index is 13.0. The molecule has 0 aliphatic carbocycles. The molecule has 1 aromatic heterocycles. The number of hydrogen-bond donors (Lipinski definition) is 2. The first-order valence-corrected chi connectivity index (χ1v) is 9.34. The minimum Gasteiger partial charge on any atom is -0.497 e. The highest BCUT2D eigenvalue weighted by Crippen LogP contribution is 2.25. The summed E-state index contributed by atoms with van der Waals surface area (Å²) >= 11 is 6.51. The Morgan fingerprint density at radius 3 is 2.36 bits per heavy atom. The van der Waals surface area contributed by atoms with Crippen LogP contribution < -0.4 is 20.1 Å². The highest BCUT2D eigenvalue weighted by Gasteiger charge is 2.13. The van der Waals surface area contributed by atoms with Gasteiger partial charge in [0.2, 0.25) is 0 Å². The van der Waals surface area contributed by atoms with Gasteiger partial charge in [-0.25, -0.2) is 9.37 Å². The second-order valence-electron chi connectivity index (χ2n) is 5.55. The molecule has 0 fully saturated rings. The van der Waals surface area contributed by atoms with Crippen molar-refractivity contribution in [2.75, 3.05) is 19.5 Å². The number of nitrogens with zero attached hydrogens (tertiary/aromatic N) is 1. The predicted molar refractivity (Wildman–Crippen MR) is 111 cm³/mol. The van der Waals surface area contributed by atoms with Crippen molar-refractivity contribution in [1.29, 1.82) is 0 Å². The molecule has 2 aromatic carbocycles. The highest BCUT2D eigenvalue weighted by atomic mass is 32.1. The van der Waals surface area contributed by atoms with Crippen LogP contribution in [0.2, 0.25) is 0 Å². The Kier molecular flexibility index (Phi) is 6.17. The number of rotatable bonds is 5. The molecule has 0 aliphatic heterocycles. The van der Waals surface area contributed by atoms with E-state index in [0.29, 0.717) is 27.9 Å². The monoisotopic (exact) mass is 417 g/mol. The molecule has 144 valence electrons. The summed E-state index contributed by atoms with van der Waals surface area (Å²) in [7, 11) is 3.01. The zero-order valence-electron chi connectivity index (χ0n) is 15.0. The standard InChI is InChI=1S/C19H16FN3O3S2/c1-25-14-7-12(8-15(9-14)26-2)17(24)22-18(27)23-19-21-16(10-28-19)11-3-5-13(20)6-4-11/h3-10H,1-2H3,(H2,21,22,23,24,27). The first kappa shape index (κ1) is 19.7. The number of thiazole rings is 1. The molecule has 6 nitrogen and oxygen atoms in total. The van der Waals surface area contributed by atoms with Crippen LogP contribution in [0.15, 0.2) is 47.8 Å². The number of methoxy groups -OCH3 is 2. The van der Waals surface area contributed by atoms with Gasteiger partial charge < -0.3 is 14.8 Å². The molecule has 0 saturated heterocycles. The lowest BCUT2D eigenvalue weighted by molar-refractivity contribution is 0.0977. The normalized spacial score (nSPS) is 10.2. The molecule has 9 heteroatoms. The van der Waals surface area contributed by atoms with Gasteiger partial charge in [-0.3, -0.25) is 10.1 Å². The van der Waals surface area contributed by atoms with Crippen molar-refractivity contribution in [3.05, 3.63) is 59.2 Å². The lowest BCUT2D eigenvalue weighted by Crippen LogP contribution is -2.34. The number of benzene rings is 2. The fourth-order valence-corrected chi connectivity index (χ4v) is 3.30. The zero-order valence-corrected chi connectivity index (χ0v) is 16.6. The molecular formula is C19H16FN3O3S2. The van der Waals surface area contributed by atoms with E-state index < -0.39 is 5.91 Å². The summed E-state index contributed by atoms with van der Waals surface area (Å²) in [5.74, 6) is 0.264. The third-order valence-electron chi connectivity index (χ3n) is 3.71. The first-order chi connectivity index (χ1) is 13.5. The summed E-state index contributed by atoms with van der Waals surface area (Å²) in [4.78, 5) is 16.8. The van der Waals surface area contributed by atoms with E-state index in [-0.39, 0.29) is 10.9 Å². The number of aromatic nitrogens is 1. The lowest BCUT2D eigenvalue weighted by atomic mass is 10.2. The fraction of sp³-hybridized carbons (Fsp3) is 0.105. The van der Waals surface area contributed by atoms with Crippen LogP contribution in [0, 0.1) is 5.82 Å². The molecule has 0 unspecified atom stereocenters. The molecule has 1 amide bonds. The van der Waals surface area contributed by atoms with Crippen molar-refractivity contribution in [1.82, 2.24) is 10.3 Å². The SMILES string of the molecule is COc1cc(OC)cc(C(=O)NC(=S)Nc2nc(-c3ccc(F)cc3)cs2)c1. The average Bonchev–Trinajstić information content (AvgIpc) is 3.16. The third kappa shape index (κ3) is 4.81. The topological polar surface area (TPSA) is 72.5 Å². The van der Waals surface area contributed by atoms with Crippen molar-refractivity contribution in [3.63, 3.8) is 0 Å². The summed E-state index contributed by atoms with van der Waals surface area (Å²) in [6.07, 6.45) is 0. The van der Waals surface area contributed by atoms with Gasteiger partial charge in [0.05, 0.1) is 19.9 Å². The summed E-state index contributed by atoms with van der Waals surface area (Å²) < 4.78 is 23.4. The van der Waals surface area contributed by atoms with Crippen LogP contribution in [0.3, 0.4) is 0 Å². The molecule has 0 bridgehead atoms. The quantitative estimate of drug-likeness (QED) is 0.609. The van der Waals surface area contributed by atoms with Gasteiger partial charge in [-0.15, -0.1) is 11.3 Å². The lowest BCUT2D eigenvalue weighted by Gasteiger charge is -2.10. The van der Waals surface area contributed by atoms with Crippen molar-refractivity contribution in [2.45, 2.75) is 0 Å². The van der Waals surface area contributed by atoms with Crippen molar-refractivity contribution < 1.29 is 18.7 Å². The van der Waals surface area contributed by atoms with Crippen LogP contribution in [0.1, 0.15) is 10.4 Å². The van der Waals surface area contributed by atoms with Crippen LogP contribution in [0.25, 0.3) is 11.3 Å². The van der Waals surface area contributed by atoms with E-state index in [0.717, 1.165) is 5.56 Å². The second kappa shape index (κ2) is 8.77. The molecule has 3 aromatic rings. The van der Waals surface area contributed by atoms with Gasteiger partial charge in [-0.1, -0.05) is 0 Å². The number of carbonyl (C=O) groups is 1. The van der Waals surface area contributed by atoms with Crippen LogP contribution in [0.5, 0.6) is 11.5 Å². The summed E-state index contributed by atoms with van der Waals surface area (Å²) in [6, 6.07) is 10.9. The number of amides is 1. The molecule has 1 heterocycles. The average molecular weight is 417 g/mol. The molecule has 3 rings (SSSR count). The summed E-state index contributed by atoms with van der Waals surface area (Å²) in [6.45, 7) is 0. The molecule has 0 radical (unpaired) electrons. The molecular weight excluding hydrogens is 401 g/mol. The first-order valence-electron chi connectivity index (χ1n) is 8.05. The minimum absolute atomic E-state index is 0.104. The smallest absolute Gasteiger partial charge is 0.257 e. The van der Waals surface area contributed by atoms with Gasteiger partial charge in [0.1, 0.15) is 17.3 Å². The number of carbonyl (C=O) groups excluding carboxylic acids is 1. The van der Waals surface area contributed by atoms with E-state index in [2.05, 4.69) is 15.6 Å². The van der Waals surface area contributed by atoms with Crippen molar-refractivity contribution in [2.24, 2.45) is 0 Å². The van der Waals surface area contributed by atoms with Crippen LogP contribution in [-0.4, -0.2) is 30.2 Å². The Bertz CT molecular complexity index is 984. The van der Waals surface area contributed by atoms with Crippen molar-refractivity contribution >= 4 is 39.7 Å². The van der Waals surface area contributed by atoms with Gasteiger partial charge in [0.15, 0.2) is 10.2 Å². The van der Waals surface area contributed by atoms with Crippen LogP contribution >= 0.6 is 23.6 Å². The van der Waals surface area contributed by atoms with E-state index in [9.17, 15) is 9.18 Å². The van der Waals surface area contributed by atoms with Crippen LogP contribution in [-0.2, 0) is 0 Å². The highest BCUT2D eigenvalue weighted by molar-refractivity contribution is 7.80. The maximum absolute atomic E-state index is 13.0. The Labute approximate surface area is 170 Å². The van der Waals surface area contributed by atoms with Gasteiger partial charge in [0, 0.05) is 22.6 Å². The Balaban J connectivity index is 1.66. The zero-order chi connectivity index (χ0) is 20.1. The second-order valence-corrected chi connectivity index (χ2v) is 6.82. The van der Waals surface area contributed by atoms with E-state index in [1.807, 2.05) is 5.38 Å². The van der Waals surface area contributed by atoms with Gasteiger partial charge in [0.25, 0.3) is 5.91 Å². The number of anilines is 1. The van der Waals surface area contributed by atoms with E-state index in [1.54, 1.807) is 30.3 Å². The maximum Gasteiger partial charge on any atom is 0.257 e. The largest absolute Gasteiger partial charge is 0.497 e.